The molecular formula is C41H47ClN4O4. The number of benzene rings is 2. The molecule has 1 aliphatic carbocycles. The van der Waals surface area contributed by atoms with Gasteiger partial charge in [0, 0.05) is 23.7 Å². The van der Waals surface area contributed by atoms with Gasteiger partial charge in [0.2, 0.25) is 0 Å². The number of allylic oxidation sites excluding steroid dienone is 3. The summed E-state index contributed by atoms with van der Waals surface area (Å²) in [6.45, 7) is 3.51. The minimum Gasteiger partial charge on any atom is -0.471 e. The Hall–Kier alpha value is -4.53. The fraction of sp³-hybridized carbons (Fsp3) is 0.366. The third kappa shape index (κ3) is 9.79. The van der Waals surface area contributed by atoms with Crippen LogP contribution in [0.2, 0.25) is 5.02 Å². The minimum atomic E-state index is -0.111. The molecule has 4 aromatic rings. The highest BCUT2D eigenvalue weighted by Gasteiger charge is 2.35. The molecule has 0 spiro atoms. The van der Waals surface area contributed by atoms with Gasteiger partial charge in [0.05, 0.1) is 24.1 Å². The number of aromatic nitrogens is 3. The molecule has 0 saturated heterocycles. The first-order chi connectivity index (χ1) is 24.7. The van der Waals surface area contributed by atoms with Crippen molar-refractivity contribution in [3.05, 3.63) is 149 Å². The highest BCUT2D eigenvalue weighted by Crippen LogP contribution is 2.38. The summed E-state index contributed by atoms with van der Waals surface area (Å²) in [6, 6.07) is 18.1. The number of hydrogen-bond acceptors (Lipinski definition) is 7. The van der Waals surface area contributed by atoms with Gasteiger partial charge in [0.1, 0.15) is 31.2 Å². The van der Waals surface area contributed by atoms with Gasteiger partial charge in [-0.2, -0.15) is 0 Å². The van der Waals surface area contributed by atoms with E-state index >= 15 is 0 Å². The molecule has 1 aliphatic heterocycles. The molecular weight excluding hydrogens is 648 g/mol. The first kappa shape index (κ1) is 35.3. The lowest BCUT2D eigenvalue weighted by Gasteiger charge is -2.40. The maximum atomic E-state index is 6.61. The normalized spacial score (nSPS) is 15.3. The number of rotatable bonds is 19. The van der Waals surface area contributed by atoms with Crippen LogP contribution in [0, 0.1) is 0 Å². The smallest absolute Gasteiger partial charge is 0.254 e. The highest BCUT2D eigenvalue weighted by atomic mass is 35.5. The van der Waals surface area contributed by atoms with Crippen molar-refractivity contribution in [3.8, 4) is 5.88 Å². The maximum absolute atomic E-state index is 6.61. The van der Waals surface area contributed by atoms with Gasteiger partial charge in [0.15, 0.2) is 5.76 Å². The number of imidazole rings is 1. The van der Waals surface area contributed by atoms with Gasteiger partial charge in [-0.05, 0) is 85.5 Å². The predicted octanol–water partition coefficient (Wildman–Crippen LogP) is 10.2. The van der Waals surface area contributed by atoms with Crippen LogP contribution in [0.1, 0.15) is 92.5 Å². The van der Waals surface area contributed by atoms with Crippen LogP contribution in [0.3, 0.4) is 0 Å². The number of unbranched alkanes of at least 4 members (excludes halogenated alkanes) is 3. The lowest BCUT2D eigenvalue weighted by molar-refractivity contribution is 0.113. The Kier molecular flexibility index (Phi) is 13.0. The zero-order valence-corrected chi connectivity index (χ0v) is 29.6. The molecule has 0 amide bonds. The standard InChI is InChI=1S/C41H47ClN4O4/c1-2-3-17-33-25-34(42)19-20-36(33)41(37-27-43-30-44-37)46(38(39-29-47-22-23-48-39)24-31-13-7-4-8-14-31)21-12-6-11-18-35-26-40(45-50-35)49-28-32-15-9-5-10-16-32/h4-5,7,9-10,13,15-16,19-20,22-23,25-27,29-30,38,41H,2-3,6,8,11-12,14,17-18,21,24,28H2,1H3,(H,43,44). The van der Waals surface area contributed by atoms with E-state index in [1.807, 2.05) is 48.7 Å². The summed E-state index contributed by atoms with van der Waals surface area (Å²) >= 11 is 6.61. The van der Waals surface area contributed by atoms with E-state index in [1.54, 1.807) is 25.1 Å². The molecule has 2 aromatic carbocycles. The minimum absolute atomic E-state index is 0.0840. The first-order valence-corrected chi connectivity index (χ1v) is 18.2. The number of aryl methyl sites for hydroxylation is 2. The number of ether oxygens (including phenoxy) is 3. The maximum Gasteiger partial charge on any atom is 0.254 e. The number of H-pyrrole nitrogens is 1. The van der Waals surface area contributed by atoms with E-state index in [-0.39, 0.29) is 12.1 Å². The lowest BCUT2D eigenvalue weighted by Crippen LogP contribution is -2.42. The van der Waals surface area contributed by atoms with Gasteiger partial charge in [-0.25, -0.2) is 4.98 Å². The SMILES string of the molecule is CCCCc1cc(Cl)ccc1C(c1cnc[nH]1)N(CCCCCc1cc(OCc2ccccc2)no1)C(CC1=CC=CCC1)C1=COC=CO1. The van der Waals surface area contributed by atoms with Gasteiger partial charge < -0.3 is 23.7 Å². The number of aromatic amines is 1. The van der Waals surface area contributed by atoms with Crippen molar-refractivity contribution < 1.29 is 18.7 Å². The topological polar surface area (TPSA) is 85.6 Å². The molecule has 0 bridgehead atoms. The Morgan fingerprint density at radius 1 is 1.02 bits per heavy atom. The first-order valence-electron chi connectivity index (χ1n) is 17.8. The number of hydrogen-bond donors (Lipinski definition) is 1. The summed E-state index contributed by atoms with van der Waals surface area (Å²) in [5.74, 6) is 2.15. The molecule has 0 fully saturated rings. The zero-order chi connectivity index (χ0) is 34.4. The third-order valence-electron chi connectivity index (χ3n) is 9.26. The molecule has 1 N–H and O–H groups in total. The summed E-state index contributed by atoms with van der Waals surface area (Å²) < 4.78 is 23.4. The molecule has 3 heterocycles. The van der Waals surface area contributed by atoms with Crippen molar-refractivity contribution in [2.24, 2.45) is 0 Å². The highest BCUT2D eigenvalue weighted by molar-refractivity contribution is 6.30. The average molecular weight is 695 g/mol. The van der Waals surface area contributed by atoms with Crippen molar-refractivity contribution in [2.45, 2.75) is 89.8 Å². The fourth-order valence-electron chi connectivity index (χ4n) is 6.69. The van der Waals surface area contributed by atoms with Crippen LogP contribution >= 0.6 is 11.6 Å². The van der Waals surface area contributed by atoms with Crippen LogP contribution in [0.5, 0.6) is 5.88 Å². The van der Waals surface area contributed by atoms with E-state index in [9.17, 15) is 0 Å². The van der Waals surface area contributed by atoms with Gasteiger partial charge >= 0.3 is 0 Å². The Bertz CT molecular complexity index is 1740. The van der Waals surface area contributed by atoms with Crippen molar-refractivity contribution in [1.29, 1.82) is 0 Å². The number of nitrogens with zero attached hydrogens (tertiary/aromatic N) is 3. The molecule has 2 unspecified atom stereocenters. The summed E-state index contributed by atoms with van der Waals surface area (Å²) in [6.07, 6.45) is 25.1. The second-order valence-corrected chi connectivity index (χ2v) is 13.3. The fourth-order valence-corrected chi connectivity index (χ4v) is 6.89. The van der Waals surface area contributed by atoms with Gasteiger partial charge in [-0.3, -0.25) is 4.90 Å². The molecule has 2 atom stereocenters. The predicted molar refractivity (Wildman–Crippen MR) is 196 cm³/mol. The van der Waals surface area contributed by atoms with Crippen LogP contribution in [-0.2, 0) is 28.9 Å². The van der Waals surface area contributed by atoms with Crippen molar-refractivity contribution in [1.82, 2.24) is 20.0 Å². The van der Waals surface area contributed by atoms with E-state index in [0.717, 1.165) is 98.6 Å². The second kappa shape index (κ2) is 18.5. The van der Waals surface area contributed by atoms with Gasteiger partial charge in [-0.1, -0.05) is 91.6 Å². The van der Waals surface area contributed by atoms with E-state index in [2.05, 4.69) is 57.3 Å². The van der Waals surface area contributed by atoms with E-state index in [4.69, 9.17) is 30.3 Å². The Morgan fingerprint density at radius 3 is 2.72 bits per heavy atom. The van der Waals surface area contributed by atoms with Gasteiger partial charge in [-0.15, -0.1) is 0 Å². The number of nitrogens with one attached hydrogen (secondary N) is 1. The number of halogens is 1. The molecule has 8 nitrogen and oxygen atoms in total. The zero-order valence-electron chi connectivity index (χ0n) is 28.8. The summed E-state index contributed by atoms with van der Waals surface area (Å²) in [5, 5.41) is 4.89. The van der Waals surface area contributed by atoms with Crippen LogP contribution in [-0.4, -0.2) is 32.6 Å². The molecule has 0 radical (unpaired) electrons. The molecule has 2 aliphatic rings. The lowest BCUT2D eigenvalue weighted by atomic mass is 9.90. The largest absolute Gasteiger partial charge is 0.471 e. The molecule has 0 saturated carbocycles. The molecule has 2 aromatic heterocycles. The van der Waals surface area contributed by atoms with Crippen molar-refractivity contribution in [3.63, 3.8) is 0 Å². The van der Waals surface area contributed by atoms with Crippen LogP contribution in [0.4, 0.5) is 0 Å². The van der Waals surface area contributed by atoms with Crippen molar-refractivity contribution in [2.75, 3.05) is 6.54 Å². The van der Waals surface area contributed by atoms with E-state index < -0.39 is 0 Å². The average Bonchev–Trinajstić information content (AvgIpc) is 3.86. The molecule has 6 rings (SSSR count). The molecule has 50 heavy (non-hydrogen) atoms. The quantitative estimate of drug-likeness (QED) is 0.0978. The monoisotopic (exact) mass is 694 g/mol. The van der Waals surface area contributed by atoms with Crippen molar-refractivity contribution >= 4 is 11.6 Å². The van der Waals surface area contributed by atoms with Crippen LogP contribution in [0.25, 0.3) is 0 Å². The summed E-state index contributed by atoms with van der Waals surface area (Å²) in [7, 11) is 0. The van der Waals surface area contributed by atoms with E-state index in [1.165, 1.54) is 16.7 Å². The molecule has 9 heteroatoms. The third-order valence-corrected chi connectivity index (χ3v) is 9.49. The second-order valence-electron chi connectivity index (χ2n) is 12.9. The summed E-state index contributed by atoms with van der Waals surface area (Å²) in [5.41, 5.74) is 6.01. The Balaban J connectivity index is 1.23. The van der Waals surface area contributed by atoms with Gasteiger partial charge in [0.25, 0.3) is 5.88 Å². The molecule has 262 valence electrons. The Morgan fingerprint density at radius 2 is 1.94 bits per heavy atom. The summed E-state index contributed by atoms with van der Waals surface area (Å²) in [4.78, 5) is 10.5. The van der Waals surface area contributed by atoms with Crippen LogP contribution < -0.4 is 4.74 Å². The van der Waals surface area contributed by atoms with E-state index in [0.29, 0.717) is 12.5 Å². The Labute approximate surface area is 300 Å². The van der Waals surface area contributed by atoms with Crippen LogP contribution in [0.15, 0.2) is 120 Å².